The van der Waals surface area contributed by atoms with Gasteiger partial charge in [0.1, 0.15) is 29.9 Å². The molecule has 0 unspecified atom stereocenters. The lowest BCUT2D eigenvalue weighted by Crippen LogP contribution is -2.50. The fraction of sp³-hybridized carbons (Fsp3) is 0.229. The van der Waals surface area contributed by atoms with E-state index in [0.29, 0.717) is 17.0 Å². The lowest BCUT2D eigenvalue weighted by atomic mass is 9.66. The zero-order valence-electron chi connectivity index (χ0n) is 23.5. The van der Waals surface area contributed by atoms with Crippen molar-refractivity contribution in [1.29, 1.82) is 5.26 Å². The van der Waals surface area contributed by atoms with Crippen molar-refractivity contribution in [2.24, 2.45) is 5.92 Å². The molecule has 4 aromatic rings. The van der Waals surface area contributed by atoms with Crippen LogP contribution >= 0.6 is 22.6 Å². The number of ether oxygens (including phenoxy) is 2. The lowest BCUT2D eigenvalue weighted by molar-refractivity contribution is -0.176. The second-order valence-electron chi connectivity index (χ2n) is 11.2. The summed E-state index contributed by atoms with van der Waals surface area (Å²) in [5.74, 6) is -1.34. The summed E-state index contributed by atoms with van der Waals surface area (Å²) < 4.78 is 12.8. The Morgan fingerprint density at radius 2 is 1.59 bits per heavy atom. The first kappa shape index (κ1) is 28.5. The minimum absolute atomic E-state index is 0.121. The fourth-order valence-corrected chi connectivity index (χ4v) is 7.79. The topological polar surface area (TPSA) is 112 Å². The van der Waals surface area contributed by atoms with E-state index in [1.807, 2.05) is 91.0 Å². The highest BCUT2D eigenvalue weighted by Gasteiger charge is 2.72. The van der Waals surface area contributed by atoms with E-state index >= 15 is 0 Å². The molecule has 0 bridgehead atoms. The van der Waals surface area contributed by atoms with E-state index < -0.39 is 41.5 Å². The first-order chi connectivity index (χ1) is 21.5. The molecular formula is C35H28IN3O5. The first-order valence-electron chi connectivity index (χ1n) is 14.4. The number of rotatable bonds is 6. The molecule has 2 N–H and O–H groups in total. The van der Waals surface area contributed by atoms with E-state index in [0.717, 1.165) is 20.3 Å². The number of fused-ring (bicyclic) bond motifs is 3. The standard InChI is InChI=1S/C35H28IN3O5/c36-24-13-16-28-26(19-24)35(34(42)38-28)27(20-37)30-33(41)44-31(22-9-5-2-6-10-22)29(21-7-3-1-4-8-21)39(30)32(35)23-11-14-25(15-12-23)43-18-17-40/h1-16,19,27,29-32,40H,17-18H2,(H,38,42)/t27-,29+,30+,31-,32-,35+/m0/s1. The van der Waals surface area contributed by atoms with Gasteiger partial charge in [-0.1, -0.05) is 72.8 Å². The molecule has 4 aromatic carbocycles. The molecule has 1 amide bonds. The van der Waals surface area contributed by atoms with Crippen LogP contribution in [-0.2, 0) is 19.7 Å². The number of halogens is 1. The number of benzene rings is 4. The summed E-state index contributed by atoms with van der Waals surface area (Å²) in [4.78, 5) is 30.7. The molecule has 220 valence electrons. The highest BCUT2D eigenvalue weighted by molar-refractivity contribution is 14.1. The van der Waals surface area contributed by atoms with Gasteiger partial charge in [0.15, 0.2) is 0 Å². The predicted molar refractivity (Wildman–Crippen MR) is 170 cm³/mol. The number of nitrogens with zero attached hydrogens (tertiary/aromatic N) is 2. The normalized spacial score (nSPS) is 27.2. The van der Waals surface area contributed by atoms with Crippen LogP contribution in [-0.4, -0.2) is 41.1 Å². The molecule has 0 aliphatic carbocycles. The summed E-state index contributed by atoms with van der Waals surface area (Å²) in [5, 5.41) is 23.2. The van der Waals surface area contributed by atoms with Crippen LogP contribution in [0.2, 0.25) is 0 Å². The summed E-state index contributed by atoms with van der Waals surface area (Å²) in [5.41, 5.74) is 2.39. The highest BCUT2D eigenvalue weighted by atomic mass is 127. The number of nitriles is 1. The molecule has 0 radical (unpaired) electrons. The molecule has 2 fully saturated rings. The van der Waals surface area contributed by atoms with Gasteiger partial charge in [0.2, 0.25) is 5.91 Å². The number of nitrogens with one attached hydrogen (secondary N) is 1. The Morgan fingerprint density at radius 1 is 0.909 bits per heavy atom. The van der Waals surface area contributed by atoms with Crippen molar-refractivity contribution in [2.75, 3.05) is 18.5 Å². The molecule has 8 nitrogen and oxygen atoms in total. The number of aliphatic hydroxyl groups excluding tert-OH is 1. The lowest BCUT2D eigenvalue weighted by Gasteiger charge is -2.46. The Balaban J connectivity index is 1.51. The average Bonchev–Trinajstić information content (AvgIpc) is 3.52. The van der Waals surface area contributed by atoms with Gasteiger partial charge in [0, 0.05) is 9.26 Å². The highest BCUT2D eigenvalue weighted by Crippen LogP contribution is 2.64. The van der Waals surface area contributed by atoms with Crippen LogP contribution in [0.4, 0.5) is 5.69 Å². The molecule has 2 saturated heterocycles. The number of aliphatic hydroxyl groups is 1. The smallest absolute Gasteiger partial charge is 0.325 e. The summed E-state index contributed by atoms with van der Waals surface area (Å²) >= 11 is 2.21. The molecule has 3 heterocycles. The number of cyclic esters (lactones) is 1. The van der Waals surface area contributed by atoms with Crippen molar-refractivity contribution in [3.63, 3.8) is 0 Å². The molecule has 44 heavy (non-hydrogen) atoms. The second kappa shape index (κ2) is 11.4. The Kier molecular flexibility index (Phi) is 7.36. The fourth-order valence-electron chi connectivity index (χ4n) is 7.30. The Labute approximate surface area is 268 Å². The third kappa shape index (κ3) is 4.31. The van der Waals surface area contributed by atoms with Crippen molar-refractivity contribution in [3.05, 3.63) is 129 Å². The summed E-state index contributed by atoms with van der Waals surface area (Å²) in [6, 6.07) is 32.7. The van der Waals surface area contributed by atoms with Gasteiger partial charge in [0.05, 0.1) is 30.7 Å². The van der Waals surface area contributed by atoms with E-state index in [-0.39, 0.29) is 19.1 Å². The minimum Gasteiger partial charge on any atom is -0.491 e. The van der Waals surface area contributed by atoms with Gasteiger partial charge in [-0.3, -0.25) is 14.5 Å². The minimum atomic E-state index is -1.42. The van der Waals surface area contributed by atoms with Crippen molar-refractivity contribution in [2.45, 2.75) is 29.6 Å². The third-order valence-corrected chi connectivity index (χ3v) is 9.64. The molecule has 3 aliphatic heterocycles. The van der Waals surface area contributed by atoms with Gasteiger partial charge in [0.25, 0.3) is 0 Å². The number of carbonyl (C=O) groups is 2. The maximum absolute atomic E-state index is 14.5. The SMILES string of the molecule is N#C[C@H]1[C@@H]2C(=O)O[C@@H](c3ccccc3)[C@@H](c3ccccc3)N2[C@@H](c2ccc(OCCO)cc2)[C@]12C(=O)Nc1ccc(I)cc12. The maximum Gasteiger partial charge on any atom is 0.325 e. The van der Waals surface area contributed by atoms with Crippen molar-refractivity contribution < 1.29 is 24.2 Å². The summed E-state index contributed by atoms with van der Waals surface area (Å²) in [6.07, 6.45) is -0.689. The number of esters is 1. The average molecular weight is 698 g/mol. The first-order valence-corrected chi connectivity index (χ1v) is 15.5. The largest absolute Gasteiger partial charge is 0.491 e. The molecule has 7 rings (SSSR count). The van der Waals surface area contributed by atoms with Crippen LogP contribution in [0.15, 0.2) is 103 Å². The number of hydrogen-bond donors (Lipinski definition) is 2. The van der Waals surface area contributed by atoms with Crippen LogP contribution in [0.25, 0.3) is 0 Å². The third-order valence-electron chi connectivity index (χ3n) is 8.96. The molecule has 0 saturated carbocycles. The predicted octanol–water partition coefficient (Wildman–Crippen LogP) is 5.46. The van der Waals surface area contributed by atoms with Gasteiger partial charge in [-0.25, -0.2) is 0 Å². The van der Waals surface area contributed by atoms with Gasteiger partial charge < -0.3 is 19.9 Å². The van der Waals surface area contributed by atoms with E-state index in [9.17, 15) is 20.0 Å². The molecule has 9 heteroatoms. The number of amides is 1. The zero-order valence-corrected chi connectivity index (χ0v) is 25.6. The molecule has 0 aromatic heterocycles. The number of anilines is 1. The van der Waals surface area contributed by atoms with Crippen molar-refractivity contribution in [3.8, 4) is 11.8 Å². The van der Waals surface area contributed by atoms with Crippen LogP contribution in [0.5, 0.6) is 5.75 Å². The Hall–Kier alpha value is -4.24. The van der Waals surface area contributed by atoms with E-state index in [4.69, 9.17) is 9.47 Å². The quantitative estimate of drug-likeness (QED) is 0.204. The second-order valence-corrected chi connectivity index (χ2v) is 12.4. The zero-order chi connectivity index (χ0) is 30.4. The summed E-state index contributed by atoms with van der Waals surface area (Å²) in [6.45, 7) is 0.0242. The monoisotopic (exact) mass is 697 g/mol. The Morgan fingerprint density at radius 3 is 2.25 bits per heavy atom. The molecule has 6 atom stereocenters. The van der Waals surface area contributed by atoms with Crippen LogP contribution in [0.3, 0.4) is 0 Å². The summed E-state index contributed by atoms with van der Waals surface area (Å²) in [7, 11) is 0. The van der Waals surface area contributed by atoms with E-state index in [1.54, 1.807) is 12.1 Å². The van der Waals surface area contributed by atoms with Crippen LogP contribution < -0.4 is 10.1 Å². The van der Waals surface area contributed by atoms with Gasteiger partial charge in [-0.05, 0) is 75.2 Å². The van der Waals surface area contributed by atoms with Gasteiger partial charge >= 0.3 is 5.97 Å². The van der Waals surface area contributed by atoms with Crippen molar-refractivity contribution >= 4 is 40.2 Å². The molecule has 3 aliphatic rings. The van der Waals surface area contributed by atoms with Crippen molar-refractivity contribution in [1.82, 2.24) is 4.90 Å². The van der Waals surface area contributed by atoms with E-state index in [2.05, 4.69) is 38.9 Å². The van der Waals surface area contributed by atoms with Crippen LogP contribution in [0.1, 0.15) is 40.4 Å². The number of hydrogen-bond acceptors (Lipinski definition) is 7. The number of morpholine rings is 1. The Bertz CT molecular complexity index is 1760. The molecule has 1 spiro atoms. The number of carbonyl (C=O) groups excluding carboxylic acids is 2. The van der Waals surface area contributed by atoms with Crippen LogP contribution in [0, 0.1) is 20.8 Å². The maximum atomic E-state index is 14.5. The van der Waals surface area contributed by atoms with Gasteiger partial charge in [-0.15, -0.1) is 0 Å². The van der Waals surface area contributed by atoms with Gasteiger partial charge in [-0.2, -0.15) is 5.26 Å². The molecular weight excluding hydrogens is 669 g/mol. The van der Waals surface area contributed by atoms with E-state index in [1.165, 1.54) is 0 Å².